The summed E-state index contributed by atoms with van der Waals surface area (Å²) in [5.74, 6) is -0.218. The minimum Gasteiger partial charge on any atom is -0.467 e. The predicted molar refractivity (Wildman–Crippen MR) is 88.2 cm³/mol. The molecule has 1 aromatic rings. The fourth-order valence-electron chi connectivity index (χ4n) is 2.71. The van der Waals surface area contributed by atoms with Gasteiger partial charge in [-0.25, -0.2) is 4.79 Å². The Labute approximate surface area is 139 Å². The van der Waals surface area contributed by atoms with E-state index in [0.29, 0.717) is 17.9 Å². The molecule has 22 heavy (non-hydrogen) atoms. The van der Waals surface area contributed by atoms with E-state index in [1.807, 2.05) is 12.1 Å². The molecule has 1 aliphatic carbocycles. The smallest absolute Gasteiger partial charge is 0.331 e. The number of nitrogens with one attached hydrogen (secondary N) is 1. The monoisotopic (exact) mass is 341 g/mol. The third kappa shape index (κ3) is 4.40. The van der Waals surface area contributed by atoms with Crippen LogP contribution >= 0.6 is 23.4 Å². The van der Waals surface area contributed by atoms with Gasteiger partial charge in [0, 0.05) is 9.92 Å². The van der Waals surface area contributed by atoms with E-state index >= 15 is 0 Å². The first-order valence-electron chi connectivity index (χ1n) is 7.33. The summed E-state index contributed by atoms with van der Waals surface area (Å²) in [7, 11) is 1.37. The van der Waals surface area contributed by atoms with Gasteiger partial charge in [0.2, 0.25) is 5.91 Å². The molecule has 0 spiro atoms. The minimum absolute atomic E-state index is 0.146. The van der Waals surface area contributed by atoms with Gasteiger partial charge in [-0.2, -0.15) is 0 Å². The van der Waals surface area contributed by atoms with E-state index in [9.17, 15) is 9.59 Å². The number of ether oxygens (including phenoxy) is 1. The molecule has 0 aliphatic heterocycles. The number of benzene rings is 1. The molecule has 1 aliphatic rings. The summed E-state index contributed by atoms with van der Waals surface area (Å²) in [6, 6.07) is 7.33. The Morgan fingerprint density at radius 2 is 1.86 bits per heavy atom. The highest BCUT2D eigenvalue weighted by molar-refractivity contribution is 8.00. The van der Waals surface area contributed by atoms with E-state index in [1.165, 1.54) is 18.9 Å². The molecule has 0 unspecified atom stereocenters. The summed E-state index contributed by atoms with van der Waals surface area (Å²) >= 11 is 7.25. The SMILES string of the molecule is COC(=O)C1(NC(=O)CSc2ccc(Cl)cc2)CCCCC1. The molecule has 6 heteroatoms. The molecule has 120 valence electrons. The highest BCUT2D eigenvalue weighted by atomic mass is 35.5. The van der Waals surface area contributed by atoms with Gasteiger partial charge in [0.1, 0.15) is 5.54 Å². The molecule has 0 atom stereocenters. The van der Waals surface area contributed by atoms with E-state index in [1.54, 1.807) is 12.1 Å². The third-order valence-electron chi connectivity index (χ3n) is 3.85. The maximum absolute atomic E-state index is 12.2. The summed E-state index contributed by atoms with van der Waals surface area (Å²) in [6.07, 6.45) is 4.25. The van der Waals surface area contributed by atoms with Crippen LogP contribution in [0.3, 0.4) is 0 Å². The lowest BCUT2D eigenvalue weighted by Crippen LogP contribution is -2.56. The molecule has 1 saturated carbocycles. The zero-order valence-electron chi connectivity index (χ0n) is 12.6. The summed E-state index contributed by atoms with van der Waals surface area (Å²) in [6.45, 7) is 0. The molecule has 1 fully saturated rings. The molecule has 0 bridgehead atoms. The Morgan fingerprint density at radius 3 is 2.45 bits per heavy atom. The number of thioether (sulfide) groups is 1. The van der Waals surface area contributed by atoms with Crippen LogP contribution in [0.1, 0.15) is 32.1 Å². The van der Waals surface area contributed by atoms with Crippen molar-refractivity contribution in [1.29, 1.82) is 0 Å². The molecule has 0 radical (unpaired) electrons. The second-order valence-electron chi connectivity index (χ2n) is 5.43. The largest absolute Gasteiger partial charge is 0.467 e. The number of hydrogen-bond donors (Lipinski definition) is 1. The number of esters is 1. The Balaban J connectivity index is 1.93. The van der Waals surface area contributed by atoms with Gasteiger partial charge in [0.25, 0.3) is 0 Å². The van der Waals surface area contributed by atoms with Gasteiger partial charge < -0.3 is 10.1 Å². The molecule has 0 heterocycles. The molecule has 1 aromatic carbocycles. The summed E-state index contributed by atoms with van der Waals surface area (Å²) in [4.78, 5) is 25.3. The Bertz CT molecular complexity index is 527. The summed E-state index contributed by atoms with van der Waals surface area (Å²) in [5.41, 5.74) is -0.843. The lowest BCUT2D eigenvalue weighted by atomic mass is 9.81. The Hall–Kier alpha value is -1.20. The second kappa shape index (κ2) is 7.88. The highest BCUT2D eigenvalue weighted by Gasteiger charge is 2.41. The zero-order chi connectivity index (χ0) is 16.0. The van der Waals surface area contributed by atoms with Crippen molar-refractivity contribution >= 4 is 35.2 Å². The number of rotatable bonds is 5. The van der Waals surface area contributed by atoms with Crippen LogP contribution in [-0.2, 0) is 14.3 Å². The molecular weight excluding hydrogens is 322 g/mol. The van der Waals surface area contributed by atoms with E-state index < -0.39 is 5.54 Å². The lowest BCUT2D eigenvalue weighted by Gasteiger charge is -2.35. The van der Waals surface area contributed by atoms with Crippen LogP contribution in [0.25, 0.3) is 0 Å². The predicted octanol–water partition coefficient (Wildman–Crippen LogP) is 3.42. The van der Waals surface area contributed by atoms with Crippen LogP contribution in [0.5, 0.6) is 0 Å². The van der Waals surface area contributed by atoms with Gasteiger partial charge in [0.05, 0.1) is 12.9 Å². The van der Waals surface area contributed by atoms with Crippen LogP contribution < -0.4 is 5.32 Å². The molecule has 4 nitrogen and oxygen atoms in total. The fourth-order valence-corrected chi connectivity index (χ4v) is 3.54. The number of halogens is 1. The van der Waals surface area contributed by atoms with Crippen molar-refractivity contribution in [2.24, 2.45) is 0 Å². The van der Waals surface area contributed by atoms with Gasteiger partial charge in [-0.1, -0.05) is 30.9 Å². The highest BCUT2D eigenvalue weighted by Crippen LogP contribution is 2.30. The Kier molecular flexibility index (Phi) is 6.15. The number of carbonyl (C=O) groups excluding carboxylic acids is 2. The average molecular weight is 342 g/mol. The Morgan fingerprint density at radius 1 is 1.23 bits per heavy atom. The first-order valence-corrected chi connectivity index (χ1v) is 8.70. The van der Waals surface area contributed by atoms with Gasteiger partial charge in [-0.05, 0) is 37.1 Å². The van der Waals surface area contributed by atoms with Gasteiger partial charge in [-0.15, -0.1) is 11.8 Å². The number of hydrogen-bond acceptors (Lipinski definition) is 4. The zero-order valence-corrected chi connectivity index (χ0v) is 14.1. The lowest BCUT2D eigenvalue weighted by molar-refractivity contribution is -0.152. The van der Waals surface area contributed by atoms with Crippen molar-refractivity contribution in [3.8, 4) is 0 Å². The number of carbonyl (C=O) groups is 2. The van der Waals surface area contributed by atoms with Crippen LogP contribution in [-0.4, -0.2) is 30.3 Å². The fraction of sp³-hybridized carbons (Fsp3) is 0.500. The van der Waals surface area contributed by atoms with Crippen LogP contribution in [0, 0.1) is 0 Å². The third-order valence-corrected chi connectivity index (χ3v) is 5.11. The van der Waals surface area contributed by atoms with Crippen molar-refractivity contribution in [3.05, 3.63) is 29.3 Å². The quantitative estimate of drug-likeness (QED) is 0.658. The maximum Gasteiger partial charge on any atom is 0.331 e. The van der Waals surface area contributed by atoms with Gasteiger partial charge >= 0.3 is 5.97 Å². The van der Waals surface area contributed by atoms with E-state index in [4.69, 9.17) is 16.3 Å². The number of methoxy groups -OCH3 is 1. The summed E-state index contributed by atoms with van der Waals surface area (Å²) in [5, 5.41) is 3.57. The van der Waals surface area contributed by atoms with Crippen LogP contribution in [0.2, 0.25) is 5.02 Å². The number of amides is 1. The second-order valence-corrected chi connectivity index (χ2v) is 6.91. The molecule has 1 N–H and O–H groups in total. The van der Waals surface area contributed by atoms with Crippen LogP contribution in [0.4, 0.5) is 0 Å². The van der Waals surface area contributed by atoms with E-state index in [2.05, 4.69) is 5.32 Å². The van der Waals surface area contributed by atoms with Gasteiger partial charge in [-0.3, -0.25) is 4.79 Å². The standard InChI is InChI=1S/C16H20ClNO3S/c1-21-15(20)16(9-3-2-4-10-16)18-14(19)11-22-13-7-5-12(17)6-8-13/h5-8H,2-4,9-11H2,1H3,(H,18,19). The molecule has 0 aromatic heterocycles. The molecule has 1 amide bonds. The molecule has 0 saturated heterocycles. The molecule has 2 rings (SSSR count). The van der Waals surface area contributed by atoms with E-state index in [0.717, 1.165) is 24.2 Å². The van der Waals surface area contributed by atoms with Crippen molar-refractivity contribution in [3.63, 3.8) is 0 Å². The van der Waals surface area contributed by atoms with Crippen molar-refractivity contribution < 1.29 is 14.3 Å². The van der Waals surface area contributed by atoms with Crippen molar-refractivity contribution in [1.82, 2.24) is 5.32 Å². The maximum atomic E-state index is 12.2. The minimum atomic E-state index is -0.843. The van der Waals surface area contributed by atoms with Crippen molar-refractivity contribution in [2.45, 2.75) is 42.5 Å². The first-order chi connectivity index (χ1) is 10.6. The average Bonchev–Trinajstić information content (AvgIpc) is 2.54. The normalized spacial score (nSPS) is 16.8. The topological polar surface area (TPSA) is 55.4 Å². The van der Waals surface area contributed by atoms with Gasteiger partial charge in [0.15, 0.2) is 0 Å². The first kappa shape index (κ1) is 17.2. The molecular formula is C16H20ClNO3S. The van der Waals surface area contributed by atoms with E-state index in [-0.39, 0.29) is 17.6 Å². The summed E-state index contributed by atoms with van der Waals surface area (Å²) < 4.78 is 4.89. The van der Waals surface area contributed by atoms with Crippen molar-refractivity contribution in [2.75, 3.05) is 12.9 Å². The van der Waals surface area contributed by atoms with Crippen LogP contribution in [0.15, 0.2) is 29.2 Å².